The number of nitrogens with zero attached hydrogens (tertiary/aromatic N) is 3. The van der Waals surface area contributed by atoms with Gasteiger partial charge in [0, 0.05) is 22.5 Å². The van der Waals surface area contributed by atoms with Crippen LogP contribution in [-0.2, 0) is 17.8 Å². The molecular formula is C27H33BrN4O3. The molecule has 0 spiro atoms. The molecule has 1 fully saturated rings. The zero-order valence-corrected chi connectivity index (χ0v) is 22.0. The van der Waals surface area contributed by atoms with Crippen LogP contribution in [0.2, 0.25) is 0 Å². The van der Waals surface area contributed by atoms with Crippen LogP contribution >= 0.6 is 15.9 Å². The Balaban J connectivity index is 1.14. The van der Waals surface area contributed by atoms with Crippen LogP contribution in [0.1, 0.15) is 44.6 Å². The highest BCUT2D eigenvalue weighted by Gasteiger charge is 2.25. The second-order valence-electron chi connectivity index (χ2n) is 9.28. The number of nitrogens with one attached hydrogen (secondary N) is 1. The third-order valence-corrected chi connectivity index (χ3v) is 6.60. The number of amides is 1. The van der Waals surface area contributed by atoms with E-state index in [1.165, 1.54) is 5.56 Å². The summed E-state index contributed by atoms with van der Waals surface area (Å²) in [5.74, 6) is 2.33. The minimum atomic E-state index is 0.0682. The van der Waals surface area contributed by atoms with E-state index in [0.717, 1.165) is 54.6 Å². The van der Waals surface area contributed by atoms with E-state index in [-0.39, 0.29) is 17.9 Å². The van der Waals surface area contributed by atoms with E-state index in [2.05, 4.69) is 48.4 Å². The molecule has 0 bridgehead atoms. The molecule has 2 heterocycles. The first kappa shape index (κ1) is 25.4. The summed E-state index contributed by atoms with van der Waals surface area (Å²) in [5, 5.41) is 7.24. The maximum atomic E-state index is 12.6. The Labute approximate surface area is 215 Å². The van der Waals surface area contributed by atoms with Crippen molar-refractivity contribution in [2.75, 3.05) is 19.6 Å². The highest BCUT2D eigenvalue weighted by atomic mass is 79.9. The molecule has 7 nitrogen and oxygen atoms in total. The highest BCUT2D eigenvalue weighted by molar-refractivity contribution is 9.10. The van der Waals surface area contributed by atoms with E-state index in [1.54, 1.807) is 0 Å². The molecule has 1 aromatic heterocycles. The third-order valence-electron chi connectivity index (χ3n) is 6.10. The van der Waals surface area contributed by atoms with Gasteiger partial charge in [0.25, 0.3) is 0 Å². The molecule has 1 N–H and O–H groups in total. The van der Waals surface area contributed by atoms with Gasteiger partial charge in [0.2, 0.25) is 17.6 Å². The number of likely N-dealkylation sites (tertiary alicyclic amines) is 1. The third kappa shape index (κ3) is 7.64. The Bertz CT molecular complexity index is 1090. The Hall–Kier alpha value is -2.71. The lowest BCUT2D eigenvalue weighted by atomic mass is 9.96. The fraction of sp³-hybridized carbons (Fsp3) is 0.444. The zero-order chi connectivity index (χ0) is 24.6. The molecule has 186 valence electrons. The molecule has 0 saturated carbocycles. The molecule has 1 aliphatic rings. The van der Waals surface area contributed by atoms with Crippen molar-refractivity contribution in [3.63, 3.8) is 0 Å². The number of hydrogen-bond acceptors (Lipinski definition) is 6. The molecule has 4 rings (SSSR count). The summed E-state index contributed by atoms with van der Waals surface area (Å²) in [6.07, 6.45) is 3.72. The topological polar surface area (TPSA) is 80.5 Å². The summed E-state index contributed by atoms with van der Waals surface area (Å²) < 4.78 is 12.1. The Kier molecular flexibility index (Phi) is 8.93. The van der Waals surface area contributed by atoms with E-state index in [0.29, 0.717) is 24.8 Å². The number of aromatic nitrogens is 2. The Morgan fingerprint density at radius 2 is 1.97 bits per heavy atom. The molecule has 2 aromatic carbocycles. The molecule has 0 aliphatic carbocycles. The van der Waals surface area contributed by atoms with Crippen LogP contribution in [0.4, 0.5) is 0 Å². The van der Waals surface area contributed by atoms with Crippen LogP contribution in [0.5, 0.6) is 5.75 Å². The standard InChI is InChI=1S/C27H33BrN4O3/c1-19(2)34-24-10-8-20(9-11-24)5-4-14-29-27(33)21-12-15-32(16-13-21)18-25-30-26(31-35-25)22-6-3-7-23(28)17-22/h3,6-11,17,19,21H,4-5,12-16,18H2,1-2H3,(H,29,33). The van der Waals surface area contributed by atoms with Gasteiger partial charge in [-0.05, 0) is 82.4 Å². The lowest BCUT2D eigenvalue weighted by Crippen LogP contribution is -2.40. The number of ether oxygens (including phenoxy) is 1. The number of piperidine rings is 1. The van der Waals surface area contributed by atoms with E-state index >= 15 is 0 Å². The van der Waals surface area contributed by atoms with Crippen LogP contribution in [0, 0.1) is 5.92 Å². The van der Waals surface area contributed by atoms with Crippen molar-refractivity contribution in [1.29, 1.82) is 0 Å². The SMILES string of the molecule is CC(C)Oc1ccc(CCCNC(=O)C2CCN(Cc3nc(-c4cccc(Br)c4)no3)CC2)cc1. The van der Waals surface area contributed by atoms with Crippen molar-refractivity contribution in [3.05, 3.63) is 64.5 Å². The molecular weight excluding hydrogens is 508 g/mol. The summed E-state index contributed by atoms with van der Waals surface area (Å²) in [5.41, 5.74) is 2.18. The lowest BCUT2D eigenvalue weighted by Gasteiger charge is -2.30. The van der Waals surface area contributed by atoms with Gasteiger partial charge in [0.15, 0.2) is 0 Å². The highest BCUT2D eigenvalue weighted by Crippen LogP contribution is 2.22. The molecule has 1 aliphatic heterocycles. The van der Waals surface area contributed by atoms with Crippen LogP contribution in [0.25, 0.3) is 11.4 Å². The molecule has 3 aromatic rings. The van der Waals surface area contributed by atoms with Gasteiger partial charge in [-0.1, -0.05) is 45.4 Å². The van der Waals surface area contributed by atoms with Gasteiger partial charge >= 0.3 is 0 Å². The van der Waals surface area contributed by atoms with E-state index in [1.807, 2.05) is 50.2 Å². The van der Waals surface area contributed by atoms with Crippen molar-refractivity contribution < 1.29 is 14.1 Å². The quantitative estimate of drug-likeness (QED) is 0.354. The summed E-state index contributed by atoms with van der Waals surface area (Å²) in [6, 6.07) is 16.1. The van der Waals surface area contributed by atoms with Crippen molar-refractivity contribution in [2.24, 2.45) is 5.92 Å². The predicted molar refractivity (Wildman–Crippen MR) is 139 cm³/mol. The number of hydrogen-bond donors (Lipinski definition) is 1. The Morgan fingerprint density at radius 1 is 1.20 bits per heavy atom. The van der Waals surface area contributed by atoms with Gasteiger partial charge in [-0.25, -0.2) is 0 Å². The van der Waals surface area contributed by atoms with Crippen molar-refractivity contribution in [3.8, 4) is 17.1 Å². The number of benzene rings is 2. The second-order valence-corrected chi connectivity index (χ2v) is 10.2. The van der Waals surface area contributed by atoms with E-state index < -0.39 is 0 Å². The van der Waals surface area contributed by atoms with Crippen LogP contribution in [0.3, 0.4) is 0 Å². The van der Waals surface area contributed by atoms with Crippen molar-refractivity contribution in [2.45, 2.75) is 52.2 Å². The normalized spacial score (nSPS) is 14.9. The number of carbonyl (C=O) groups excluding carboxylic acids is 1. The zero-order valence-electron chi connectivity index (χ0n) is 20.4. The lowest BCUT2D eigenvalue weighted by molar-refractivity contribution is -0.126. The second kappa shape index (κ2) is 12.3. The first-order valence-corrected chi connectivity index (χ1v) is 13.1. The number of rotatable bonds is 10. The fourth-order valence-electron chi connectivity index (χ4n) is 4.26. The number of aryl methyl sites for hydroxylation is 1. The number of carbonyl (C=O) groups is 1. The van der Waals surface area contributed by atoms with E-state index in [4.69, 9.17) is 9.26 Å². The largest absolute Gasteiger partial charge is 0.491 e. The molecule has 35 heavy (non-hydrogen) atoms. The number of halogens is 1. The summed E-state index contributed by atoms with van der Waals surface area (Å²) in [6.45, 7) is 7.04. The van der Waals surface area contributed by atoms with Gasteiger partial charge in [0.1, 0.15) is 5.75 Å². The molecule has 8 heteroatoms. The molecule has 1 saturated heterocycles. The minimum Gasteiger partial charge on any atom is -0.491 e. The molecule has 1 amide bonds. The summed E-state index contributed by atoms with van der Waals surface area (Å²) in [7, 11) is 0. The monoisotopic (exact) mass is 540 g/mol. The maximum absolute atomic E-state index is 12.6. The van der Waals surface area contributed by atoms with Crippen LogP contribution in [-0.4, -0.2) is 46.7 Å². The minimum absolute atomic E-state index is 0.0682. The maximum Gasteiger partial charge on any atom is 0.241 e. The molecule has 0 radical (unpaired) electrons. The Morgan fingerprint density at radius 3 is 2.69 bits per heavy atom. The fourth-order valence-corrected chi connectivity index (χ4v) is 4.66. The van der Waals surface area contributed by atoms with Crippen molar-refractivity contribution >= 4 is 21.8 Å². The van der Waals surface area contributed by atoms with Gasteiger partial charge < -0.3 is 14.6 Å². The molecule has 0 atom stereocenters. The van der Waals surface area contributed by atoms with Crippen LogP contribution in [0.15, 0.2) is 57.5 Å². The van der Waals surface area contributed by atoms with Gasteiger partial charge in [0.05, 0.1) is 12.6 Å². The van der Waals surface area contributed by atoms with Gasteiger partial charge in [-0.15, -0.1) is 0 Å². The summed E-state index contributed by atoms with van der Waals surface area (Å²) >= 11 is 3.47. The van der Waals surface area contributed by atoms with E-state index in [9.17, 15) is 4.79 Å². The molecule has 0 unspecified atom stereocenters. The average molecular weight is 541 g/mol. The van der Waals surface area contributed by atoms with Crippen molar-refractivity contribution in [1.82, 2.24) is 20.4 Å². The first-order chi connectivity index (χ1) is 17.0. The smallest absolute Gasteiger partial charge is 0.241 e. The van der Waals surface area contributed by atoms with Crippen LogP contribution < -0.4 is 10.1 Å². The predicted octanol–water partition coefficient (Wildman–Crippen LogP) is 5.25. The average Bonchev–Trinajstić information content (AvgIpc) is 3.31. The van der Waals surface area contributed by atoms with Gasteiger partial charge in [-0.3, -0.25) is 9.69 Å². The van der Waals surface area contributed by atoms with Gasteiger partial charge in [-0.2, -0.15) is 4.98 Å². The first-order valence-electron chi connectivity index (χ1n) is 12.3. The summed E-state index contributed by atoms with van der Waals surface area (Å²) in [4.78, 5) is 19.4.